The molecule has 0 unspecified atom stereocenters. The minimum Gasteiger partial charge on any atom is -0.412 e. The van der Waals surface area contributed by atoms with Crippen LogP contribution in [0.5, 0.6) is 11.5 Å². The number of alkyl halides is 6. The maximum atomic E-state index is 13.8. The molecular formula is C15H12F6N2O2. The summed E-state index contributed by atoms with van der Waals surface area (Å²) in [7, 11) is 0. The lowest BCUT2D eigenvalue weighted by Crippen LogP contribution is -2.54. The summed E-state index contributed by atoms with van der Waals surface area (Å²) in [6, 6.07) is 6.32. The fourth-order valence-corrected chi connectivity index (χ4v) is 2.55. The fraction of sp³-hybridized carbons (Fsp3) is 0.200. The fourth-order valence-electron chi connectivity index (χ4n) is 2.55. The Bertz CT molecular complexity index is 647. The van der Waals surface area contributed by atoms with Crippen molar-refractivity contribution in [2.45, 2.75) is 17.8 Å². The summed E-state index contributed by atoms with van der Waals surface area (Å²) in [6.07, 6.45) is -11.4. The first kappa shape index (κ1) is 18.9. The summed E-state index contributed by atoms with van der Waals surface area (Å²) in [5.41, 5.74) is -6.32. The van der Waals surface area contributed by atoms with E-state index in [2.05, 4.69) is 9.68 Å². The molecule has 0 bridgehead atoms. The van der Waals surface area contributed by atoms with Crippen LogP contribution < -0.4 is 21.5 Å². The van der Waals surface area contributed by atoms with Crippen LogP contribution in [0.4, 0.5) is 26.3 Å². The summed E-state index contributed by atoms with van der Waals surface area (Å²) >= 11 is 0. The lowest BCUT2D eigenvalue weighted by molar-refractivity contribution is -0.288. The van der Waals surface area contributed by atoms with E-state index in [0.29, 0.717) is 24.3 Å². The van der Waals surface area contributed by atoms with Crippen LogP contribution in [0.2, 0.25) is 0 Å². The number of hydrogen-bond acceptors (Lipinski definition) is 4. The average molecular weight is 366 g/mol. The molecule has 25 heavy (non-hydrogen) atoms. The van der Waals surface area contributed by atoms with Gasteiger partial charge in [-0.25, -0.2) is 0 Å². The lowest BCUT2D eigenvalue weighted by Gasteiger charge is -2.38. The van der Waals surface area contributed by atoms with E-state index in [1.54, 1.807) is 0 Å². The summed E-state index contributed by atoms with van der Waals surface area (Å²) in [4.78, 5) is 8.59. The SMILES string of the molecule is NOc1ccc(C(c2ccc(ON)cc2)(C(F)(F)F)C(F)(F)F)cc1. The highest BCUT2D eigenvalue weighted by atomic mass is 19.4. The Balaban J connectivity index is 2.80. The molecule has 2 rings (SSSR count). The van der Waals surface area contributed by atoms with Crippen LogP contribution in [0.3, 0.4) is 0 Å². The second kappa shape index (κ2) is 6.45. The van der Waals surface area contributed by atoms with Gasteiger partial charge in [-0.05, 0) is 35.4 Å². The van der Waals surface area contributed by atoms with Crippen molar-refractivity contribution in [3.05, 3.63) is 59.7 Å². The lowest BCUT2D eigenvalue weighted by atomic mass is 9.73. The highest BCUT2D eigenvalue weighted by Crippen LogP contribution is 2.56. The van der Waals surface area contributed by atoms with Crippen LogP contribution in [0, 0.1) is 0 Å². The maximum Gasteiger partial charge on any atom is 0.411 e. The zero-order chi connectivity index (χ0) is 18.9. The smallest absolute Gasteiger partial charge is 0.411 e. The van der Waals surface area contributed by atoms with Crippen molar-refractivity contribution in [2.24, 2.45) is 11.8 Å². The Hall–Kier alpha value is -2.46. The number of benzene rings is 2. The summed E-state index contributed by atoms with van der Waals surface area (Å²) < 4.78 is 82.7. The van der Waals surface area contributed by atoms with Gasteiger partial charge in [0.25, 0.3) is 0 Å². The van der Waals surface area contributed by atoms with E-state index in [9.17, 15) is 26.3 Å². The van der Waals surface area contributed by atoms with Gasteiger partial charge >= 0.3 is 12.4 Å². The average Bonchev–Trinajstić information content (AvgIpc) is 2.54. The molecule has 10 heteroatoms. The predicted molar refractivity (Wildman–Crippen MR) is 75.4 cm³/mol. The van der Waals surface area contributed by atoms with Crippen molar-refractivity contribution >= 4 is 0 Å². The quantitative estimate of drug-likeness (QED) is 0.641. The molecule has 0 spiro atoms. The summed E-state index contributed by atoms with van der Waals surface area (Å²) in [6.45, 7) is 0. The molecule has 2 aromatic carbocycles. The molecule has 0 heterocycles. The van der Waals surface area contributed by atoms with Crippen molar-refractivity contribution in [3.63, 3.8) is 0 Å². The van der Waals surface area contributed by atoms with E-state index < -0.39 is 28.9 Å². The predicted octanol–water partition coefficient (Wildman–Crippen LogP) is 3.60. The molecule has 0 amide bonds. The molecule has 0 aromatic heterocycles. The van der Waals surface area contributed by atoms with Crippen molar-refractivity contribution in [2.75, 3.05) is 0 Å². The van der Waals surface area contributed by atoms with E-state index in [4.69, 9.17) is 11.8 Å². The Morgan fingerprint density at radius 1 is 0.560 bits per heavy atom. The van der Waals surface area contributed by atoms with Gasteiger partial charge in [-0.3, -0.25) is 0 Å². The topological polar surface area (TPSA) is 70.5 Å². The van der Waals surface area contributed by atoms with Crippen LogP contribution in [0.1, 0.15) is 11.1 Å². The maximum absolute atomic E-state index is 13.8. The minimum atomic E-state index is -5.68. The van der Waals surface area contributed by atoms with Crippen molar-refractivity contribution in [1.29, 1.82) is 0 Å². The molecule has 136 valence electrons. The molecule has 0 atom stereocenters. The Morgan fingerprint density at radius 2 is 0.840 bits per heavy atom. The molecular weight excluding hydrogens is 354 g/mol. The summed E-state index contributed by atoms with van der Waals surface area (Å²) in [5.74, 6) is 9.53. The van der Waals surface area contributed by atoms with Gasteiger partial charge in [0.2, 0.25) is 5.41 Å². The van der Waals surface area contributed by atoms with Gasteiger partial charge in [-0.2, -0.15) is 38.1 Å². The molecule has 4 nitrogen and oxygen atoms in total. The van der Waals surface area contributed by atoms with Crippen LogP contribution >= 0.6 is 0 Å². The van der Waals surface area contributed by atoms with Crippen LogP contribution in [0.25, 0.3) is 0 Å². The van der Waals surface area contributed by atoms with Gasteiger partial charge in [0, 0.05) is 0 Å². The van der Waals surface area contributed by atoms with Gasteiger partial charge in [0.15, 0.2) is 0 Å². The van der Waals surface area contributed by atoms with E-state index in [1.807, 2.05) is 0 Å². The van der Waals surface area contributed by atoms with Crippen LogP contribution in [-0.4, -0.2) is 12.4 Å². The second-order valence-electron chi connectivity index (χ2n) is 5.03. The third kappa shape index (κ3) is 3.10. The van der Waals surface area contributed by atoms with Crippen molar-refractivity contribution in [3.8, 4) is 11.5 Å². The molecule has 0 aliphatic carbocycles. The van der Waals surface area contributed by atoms with Crippen molar-refractivity contribution < 1.29 is 36.0 Å². The third-order valence-electron chi connectivity index (χ3n) is 3.70. The Kier molecular flexibility index (Phi) is 4.87. The van der Waals surface area contributed by atoms with E-state index in [-0.39, 0.29) is 11.5 Å². The van der Waals surface area contributed by atoms with E-state index in [0.717, 1.165) is 24.3 Å². The van der Waals surface area contributed by atoms with E-state index in [1.165, 1.54) is 0 Å². The zero-order valence-electron chi connectivity index (χ0n) is 12.4. The summed E-state index contributed by atoms with van der Waals surface area (Å²) in [5, 5.41) is 0. The van der Waals surface area contributed by atoms with Crippen molar-refractivity contribution in [1.82, 2.24) is 0 Å². The minimum absolute atomic E-state index is 0.0890. The normalized spacial score (nSPS) is 12.8. The molecule has 0 aliphatic heterocycles. The first-order chi connectivity index (χ1) is 11.6. The molecule has 0 radical (unpaired) electrons. The molecule has 0 fully saturated rings. The molecule has 4 N–H and O–H groups in total. The van der Waals surface area contributed by atoms with Gasteiger partial charge in [0.1, 0.15) is 11.5 Å². The number of nitrogens with two attached hydrogens (primary N) is 2. The monoisotopic (exact) mass is 366 g/mol. The zero-order valence-corrected chi connectivity index (χ0v) is 12.4. The largest absolute Gasteiger partial charge is 0.412 e. The highest BCUT2D eigenvalue weighted by molar-refractivity contribution is 5.47. The Labute approximate surface area is 137 Å². The highest BCUT2D eigenvalue weighted by Gasteiger charge is 2.72. The molecule has 0 saturated carbocycles. The van der Waals surface area contributed by atoms with Gasteiger partial charge < -0.3 is 9.68 Å². The number of hydrogen-bond donors (Lipinski definition) is 2. The van der Waals surface area contributed by atoms with Crippen LogP contribution in [-0.2, 0) is 5.41 Å². The molecule has 2 aromatic rings. The molecule has 0 aliphatic rings. The first-order valence-electron chi connectivity index (χ1n) is 6.66. The van der Waals surface area contributed by atoms with Gasteiger partial charge in [-0.1, -0.05) is 24.3 Å². The Morgan fingerprint density at radius 3 is 1.04 bits per heavy atom. The number of halogens is 6. The van der Waals surface area contributed by atoms with Gasteiger partial charge in [0.05, 0.1) is 0 Å². The number of rotatable bonds is 4. The van der Waals surface area contributed by atoms with E-state index >= 15 is 0 Å². The third-order valence-corrected chi connectivity index (χ3v) is 3.70. The second-order valence-corrected chi connectivity index (χ2v) is 5.03. The first-order valence-corrected chi connectivity index (χ1v) is 6.66. The van der Waals surface area contributed by atoms with Crippen LogP contribution in [0.15, 0.2) is 48.5 Å². The van der Waals surface area contributed by atoms with Gasteiger partial charge in [-0.15, -0.1) is 0 Å². The standard InChI is InChI=1S/C15H12F6N2O2/c16-14(17,18)13(15(19,20)21,9-1-5-11(24-22)6-2-9)10-3-7-12(25-23)8-4-10/h1-8H,22-23H2. The molecule has 0 saturated heterocycles.